The second-order valence-electron chi connectivity index (χ2n) is 6.15. The van der Waals surface area contributed by atoms with Crippen LogP contribution in [0.4, 0.5) is 4.79 Å². The minimum atomic E-state index is -0.217. The third kappa shape index (κ3) is 7.82. The predicted molar refractivity (Wildman–Crippen MR) is 118 cm³/mol. The topological polar surface area (TPSA) is 75.2 Å². The number of benzene rings is 1. The number of piperidine rings is 1. The molecule has 1 aromatic carbocycles. The number of hydrogen-bond acceptors (Lipinski definition) is 4. The van der Waals surface area contributed by atoms with Gasteiger partial charge in [0.25, 0.3) is 0 Å². The molecule has 0 aliphatic carbocycles. The average Bonchev–Trinajstić information content (AvgIpc) is 2.67. The number of guanidine groups is 1. The van der Waals surface area contributed by atoms with Crippen molar-refractivity contribution >= 4 is 36.0 Å². The van der Waals surface area contributed by atoms with E-state index in [1.165, 1.54) is 0 Å². The Morgan fingerprint density at radius 1 is 1.22 bits per heavy atom. The molecule has 1 fully saturated rings. The van der Waals surface area contributed by atoms with Crippen molar-refractivity contribution < 1.29 is 14.3 Å². The van der Waals surface area contributed by atoms with E-state index in [2.05, 4.69) is 15.6 Å². The number of nitrogens with one attached hydrogen (secondary N) is 2. The van der Waals surface area contributed by atoms with Gasteiger partial charge in [-0.25, -0.2) is 9.79 Å². The summed E-state index contributed by atoms with van der Waals surface area (Å²) in [5, 5.41) is 6.76. The molecule has 7 nitrogen and oxygen atoms in total. The molecule has 0 atom stereocenters. The molecule has 0 radical (unpaired) electrons. The van der Waals surface area contributed by atoms with Gasteiger partial charge in [0.2, 0.25) is 0 Å². The molecule has 0 spiro atoms. The summed E-state index contributed by atoms with van der Waals surface area (Å²) in [6.07, 6.45) is 1.54. The molecule has 1 aromatic rings. The van der Waals surface area contributed by atoms with Crippen LogP contribution >= 0.6 is 24.0 Å². The molecular formula is C19H31IN4O3. The molecule has 1 amide bonds. The Hall–Kier alpha value is -1.71. The van der Waals surface area contributed by atoms with Crippen molar-refractivity contribution in [2.45, 2.75) is 39.3 Å². The first-order valence-electron chi connectivity index (χ1n) is 9.25. The van der Waals surface area contributed by atoms with Crippen LogP contribution in [0.2, 0.25) is 0 Å². The number of carbonyl (C=O) groups is 1. The largest absolute Gasteiger partial charge is 0.497 e. The molecule has 1 aliphatic rings. The molecule has 8 heteroatoms. The summed E-state index contributed by atoms with van der Waals surface area (Å²) in [4.78, 5) is 18.2. The second-order valence-corrected chi connectivity index (χ2v) is 6.15. The van der Waals surface area contributed by atoms with Gasteiger partial charge in [0.15, 0.2) is 5.96 Å². The summed E-state index contributed by atoms with van der Waals surface area (Å²) in [5.41, 5.74) is 1.13. The molecule has 2 rings (SSSR count). The first kappa shape index (κ1) is 23.3. The summed E-state index contributed by atoms with van der Waals surface area (Å²) in [5.74, 6) is 1.65. The maximum Gasteiger partial charge on any atom is 0.409 e. The van der Waals surface area contributed by atoms with Crippen LogP contribution in [-0.4, -0.2) is 56.3 Å². The van der Waals surface area contributed by atoms with Crippen molar-refractivity contribution in [1.29, 1.82) is 0 Å². The lowest BCUT2D eigenvalue weighted by atomic mass is 10.1. The average molecular weight is 490 g/mol. The minimum Gasteiger partial charge on any atom is -0.497 e. The predicted octanol–water partition coefficient (Wildman–Crippen LogP) is 2.99. The Morgan fingerprint density at radius 2 is 1.89 bits per heavy atom. The van der Waals surface area contributed by atoms with Crippen molar-refractivity contribution in [3.05, 3.63) is 29.8 Å². The second kappa shape index (κ2) is 12.6. The monoisotopic (exact) mass is 490 g/mol. The normalized spacial score (nSPS) is 14.9. The van der Waals surface area contributed by atoms with Gasteiger partial charge in [0.1, 0.15) is 5.75 Å². The number of carbonyl (C=O) groups excluding carboxylic acids is 1. The van der Waals surface area contributed by atoms with Crippen LogP contribution in [0.1, 0.15) is 32.3 Å². The first-order chi connectivity index (χ1) is 12.7. The van der Waals surface area contributed by atoms with Gasteiger partial charge in [-0.05, 0) is 44.4 Å². The molecular weight excluding hydrogens is 459 g/mol. The van der Waals surface area contributed by atoms with Crippen molar-refractivity contribution in [2.24, 2.45) is 4.99 Å². The van der Waals surface area contributed by atoms with Crippen LogP contribution in [0.25, 0.3) is 0 Å². The highest BCUT2D eigenvalue weighted by Gasteiger charge is 2.23. The van der Waals surface area contributed by atoms with E-state index in [1.807, 2.05) is 38.1 Å². The van der Waals surface area contributed by atoms with Gasteiger partial charge in [-0.2, -0.15) is 0 Å². The highest BCUT2D eigenvalue weighted by Crippen LogP contribution is 2.13. The standard InChI is InChI=1S/C19H30N4O3.HI/c1-4-20-18(21-14-15-6-8-17(25-3)9-7-15)22-16-10-12-23(13-11-16)19(24)26-5-2;/h6-9,16H,4-5,10-14H2,1-3H3,(H2,20,21,22);1H. The summed E-state index contributed by atoms with van der Waals surface area (Å²) in [7, 11) is 1.66. The molecule has 0 saturated carbocycles. The minimum absolute atomic E-state index is 0. The van der Waals surface area contributed by atoms with Crippen LogP contribution < -0.4 is 15.4 Å². The Kier molecular flexibility index (Phi) is 10.9. The molecule has 0 aromatic heterocycles. The zero-order chi connectivity index (χ0) is 18.8. The maximum atomic E-state index is 11.8. The van der Waals surface area contributed by atoms with Gasteiger partial charge in [0, 0.05) is 25.7 Å². The van der Waals surface area contributed by atoms with E-state index < -0.39 is 0 Å². The first-order valence-corrected chi connectivity index (χ1v) is 9.25. The third-order valence-corrected chi connectivity index (χ3v) is 4.28. The summed E-state index contributed by atoms with van der Waals surface area (Å²) in [6.45, 7) is 7.10. The number of halogens is 1. The van der Waals surface area contributed by atoms with E-state index in [1.54, 1.807) is 12.0 Å². The van der Waals surface area contributed by atoms with Gasteiger partial charge >= 0.3 is 6.09 Å². The number of nitrogens with zero attached hydrogens (tertiary/aromatic N) is 2. The van der Waals surface area contributed by atoms with E-state index in [4.69, 9.17) is 9.47 Å². The summed E-state index contributed by atoms with van der Waals surface area (Å²) in [6, 6.07) is 8.22. The van der Waals surface area contributed by atoms with Gasteiger partial charge in [0.05, 0.1) is 20.3 Å². The lowest BCUT2D eigenvalue weighted by Gasteiger charge is -2.32. The third-order valence-electron chi connectivity index (χ3n) is 4.28. The molecule has 0 unspecified atom stereocenters. The van der Waals surface area contributed by atoms with E-state index >= 15 is 0 Å². The molecule has 1 saturated heterocycles. The number of rotatable bonds is 6. The molecule has 1 aliphatic heterocycles. The summed E-state index contributed by atoms with van der Waals surface area (Å²) < 4.78 is 10.2. The van der Waals surface area contributed by atoms with E-state index in [0.717, 1.165) is 36.7 Å². The summed E-state index contributed by atoms with van der Waals surface area (Å²) >= 11 is 0. The highest BCUT2D eigenvalue weighted by molar-refractivity contribution is 14.0. The number of methoxy groups -OCH3 is 1. The molecule has 152 valence electrons. The smallest absolute Gasteiger partial charge is 0.409 e. The number of amides is 1. The molecule has 1 heterocycles. The lowest BCUT2D eigenvalue weighted by molar-refractivity contribution is 0.0963. The van der Waals surface area contributed by atoms with Gasteiger partial charge < -0.3 is 25.0 Å². The van der Waals surface area contributed by atoms with Crippen LogP contribution in [0.15, 0.2) is 29.3 Å². The Labute approximate surface area is 178 Å². The van der Waals surface area contributed by atoms with E-state index in [-0.39, 0.29) is 30.1 Å². The van der Waals surface area contributed by atoms with Gasteiger partial charge in [-0.3, -0.25) is 0 Å². The quantitative estimate of drug-likeness (QED) is 0.365. The maximum absolute atomic E-state index is 11.8. The molecule has 2 N–H and O–H groups in total. The van der Waals surface area contributed by atoms with Crippen molar-refractivity contribution in [3.63, 3.8) is 0 Å². The van der Waals surface area contributed by atoms with Crippen LogP contribution in [0.5, 0.6) is 5.75 Å². The van der Waals surface area contributed by atoms with Crippen molar-refractivity contribution in [2.75, 3.05) is 33.4 Å². The number of aliphatic imine (C=N–C) groups is 1. The van der Waals surface area contributed by atoms with E-state index in [0.29, 0.717) is 32.3 Å². The van der Waals surface area contributed by atoms with Crippen LogP contribution in [-0.2, 0) is 11.3 Å². The Morgan fingerprint density at radius 3 is 2.44 bits per heavy atom. The van der Waals surface area contributed by atoms with Crippen LogP contribution in [0.3, 0.4) is 0 Å². The fourth-order valence-corrected chi connectivity index (χ4v) is 2.84. The van der Waals surface area contributed by atoms with Crippen LogP contribution in [0, 0.1) is 0 Å². The van der Waals surface area contributed by atoms with E-state index in [9.17, 15) is 4.79 Å². The van der Waals surface area contributed by atoms with Gasteiger partial charge in [-0.15, -0.1) is 24.0 Å². The molecule has 0 bridgehead atoms. The highest BCUT2D eigenvalue weighted by atomic mass is 127. The fraction of sp³-hybridized carbons (Fsp3) is 0.579. The Balaban J connectivity index is 0.00000364. The number of ether oxygens (including phenoxy) is 2. The lowest BCUT2D eigenvalue weighted by Crippen LogP contribution is -2.49. The fourth-order valence-electron chi connectivity index (χ4n) is 2.84. The SMILES string of the molecule is CCNC(=NCc1ccc(OC)cc1)NC1CCN(C(=O)OCC)CC1.I. The van der Waals surface area contributed by atoms with Gasteiger partial charge in [-0.1, -0.05) is 12.1 Å². The zero-order valence-corrected chi connectivity index (χ0v) is 18.7. The Bertz CT molecular complexity index is 587. The van der Waals surface area contributed by atoms with Crippen molar-refractivity contribution in [3.8, 4) is 5.75 Å². The number of likely N-dealkylation sites (tertiary alicyclic amines) is 1. The zero-order valence-electron chi connectivity index (χ0n) is 16.4. The molecule has 27 heavy (non-hydrogen) atoms. The van der Waals surface area contributed by atoms with Crippen molar-refractivity contribution in [1.82, 2.24) is 15.5 Å². The number of hydrogen-bond donors (Lipinski definition) is 2.